The van der Waals surface area contributed by atoms with Gasteiger partial charge in [-0.1, -0.05) is 24.3 Å². The van der Waals surface area contributed by atoms with Gasteiger partial charge in [-0.3, -0.25) is 18.6 Å². The molecule has 3 heterocycles. The van der Waals surface area contributed by atoms with E-state index in [9.17, 15) is 9.59 Å². The van der Waals surface area contributed by atoms with Crippen LogP contribution in [0.3, 0.4) is 0 Å². The lowest BCUT2D eigenvalue weighted by Crippen LogP contribution is -2.48. The Morgan fingerprint density at radius 2 is 1.66 bits per heavy atom. The van der Waals surface area contributed by atoms with Crippen molar-refractivity contribution in [2.75, 3.05) is 31.1 Å². The molecule has 0 N–H and O–H groups in total. The van der Waals surface area contributed by atoms with Gasteiger partial charge in [-0.15, -0.1) is 10.2 Å². The topological polar surface area (TPSA) is 75.7 Å². The van der Waals surface area contributed by atoms with Gasteiger partial charge in [0, 0.05) is 62.8 Å². The van der Waals surface area contributed by atoms with Crippen LogP contribution in [0, 0.1) is 13.8 Å². The van der Waals surface area contributed by atoms with Crippen LogP contribution in [0.1, 0.15) is 29.8 Å². The van der Waals surface area contributed by atoms with E-state index in [0.717, 1.165) is 37.4 Å². The lowest BCUT2D eigenvalue weighted by atomic mass is 10.1. The van der Waals surface area contributed by atoms with Crippen LogP contribution in [-0.4, -0.2) is 56.2 Å². The van der Waals surface area contributed by atoms with E-state index in [1.54, 1.807) is 15.2 Å². The number of hydrogen-bond donors (Lipinski definition) is 0. The molecule has 0 unspecified atom stereocenters. The summed E-state index contributed by atoms with van der Waals surface area (Å²) in [7, 11) is 0. The molecule has 1 amide bonds. The van der Waals surface area contributed by atoms with Crippen molar-refractivity contribution in [2.45, 2.75) is 33.1 Å². The van der Waals surface area contributed by atoms with Gasteiger partial charge in [0.1, 0.15) is 5.82 Å². The fourth-order valence-electron chi connectivity index (χ4n) is 4.59. The van der Waals surface area contributed by atoms with Gasteiger partial charge in [0.2, 0.25) is 11.6 Å². The third-order valence-corrected chi connectivity index (χ3v) is 6.85. The Morgan fingerprint density at radius 3 is 2.40 bits per heavy atom. The van der Waals surface area contributed by atoms with Crippen LogP contribution in [0.25, 0.3) is 11.3 Å². The fraction of sp³-hybridized carbons (Fsp3) is 0.333. The van der Waals surface area contributed by atoms with Crippen molar-refractivity contribution in [1.29, 1.82) is 0 Å². The van der Waals surface area contributed by atoms with Crippen molar-refractivity contribution in [3.8, 4) is 5.69 Å². The zero-order valence-electron chi connectivity index (χ0n) is 20.2. The van der Waals surface area contributed by atoms with E-state index >= 15 is 0 Å². The molecular weight excluding hydrogens is 440 g/mol. The SMILES string of the molecule is Cc1ccc(-n2ccn3c(CCCC(=O)N4CCN(c5ccccc5)CC4)nnc3c2=O)cc1C. The third-order valence-electron chi connectivity index (χ3n) is 6.85. The molecule has 180 valence electrons. The van der Waals surface area contributed by atoms with Crippen molar-refractivity contribution in [3.05, 3.63) is 88.2 Å². The number of aryl methyl sites for hydroxylation is 3. The lowest BCUT2D eigenvalue weighted by Gasteiger charge is -2.36. The first-order chi connectivity index (χ1) is 17.0. The summed E-state index contributed by atoms with van der Waals surface area (Å²) in [6.45, 7) is 7.24. The highest BCUT2D eigenvalue weighted by atomic mass is 16.2. The molecule has 2 aromatic carbocycles. The average molecular weight is 471 g/mol. The molecule has 5 rings (SSSR count). The molecule has 0 aliphatic carbocycles. The van der Waals surface area contributed by atoms with E-state index in [1.807, 2.05) is 61.3 Å². The summed E-state index contributed by atoms with van der Waals surface area (Å²) in [5.41, 5.74) is 4.41. The van der Waals surface area contributed by atoms with E-state index in [1.165, 1.54) is 11.3 Å². The Bertz CT molecular complexity index is 1400. The van der Waals surface area contributed by atoms with Gasteiger partial charge in [0.05, 0.1) is 0 Å². The molecule has 4 aromatic rings. The molecule has 8 heteroatoms. The molecule has 0 saturated carbocycles. The predicted molar refractivity (Wildman–Crippen MR) is 136 cm³/mol. The normalized spacial score (nSPS) is 14.0. The minimum atomic E-state index is -0.207. The maximum atomic E-state index is 13.0. The van der Waals surface area contributed by atoms with Gasteiger partial charge in [-0.2, -0.15) is 0 Å². The summed E-state index contributed by atoms with van der Waals surface area (Å²) in [5, 5.41) is 8.39. The fourth-order valence-corrected chi connectivity index (χ4v) is 4.59. The number of carbonyl (C=O) groups is 1. The standard InChI is InChI=1S/C27H30N6O2/c1-20-11-12-23(19-21(20)2)32-17-18-33-24(28-29-26(33)27(32)35)9-6-10-25(34)31-15-13-30(14-16-31)22-7-4-3-5-8-22/h3-5,7-8,11-12,17-19H,6,9-10,13-16H2,1-2H3. The minimum Gasteiger partial charge on any atom is -0.368 e. The molecule has 1 saturated heterocycles. The van der Waals surface area contributed by atoms with Crippen molar-refractivity contribution in [2.24, 2.45) is 0 Å². The van der Waals surface area contributed by atoms with Gasteiger partial charge in [0.15, 0.2) is 0 Å². The summed E-state index contributed by atoms with van der Waals surface area (Å²) in [5.74, 6) is 0.870. The molecule has 0 spiro atoms. The summed E-state index contributed by atoms with van der Waals surface area (Å²) in [6, 6.07) is 16.3. The van der Waals surface area contributed by atoms with Gasteiger partial charge >= 0.3 is 5.56 Å². The molecule has 35 heavy (non-hydrogen) atoms. The molecule has 1 aliphatic rings. The zero-order chi connectivity index (χ0) is 24.4. The molecule has 8 nitrogen and oxygen atoms in total. The first kappa shape index (κ1) is 22.8. The van der Waals surface area contributed by atoms with Crippen LogP contribution in [-0.2, 0) is 11.2 Å². The lowest BCUT2D eigenvalue weighted by molar-refractivity contribution is -0.131. The molecular formula is C27H30N6O2. The van der Waals surface area contributed by atoms with Gasteiger partial charge in [0.25, 0.3) is 0 Å². The molecule has 1 fully saturated rings. The van der Waals surface area contributed by atoms with Gasteiger partial charge in [-0.25, -0.2) is 0 Å². The number of hydrogen-bond acceptors (Lipinski definition) is 5. The minimum absolute atomic E-state index is 0.170. The number of aromatic nitrogens is 4. The summed E-state index contributed by atoms with van der Waals surface area (Å²) in [6.07, 6.45) is 5.29. The first-order valence-corrected chi connectivity index (χ1v) is 12.1. The first-order valence-electron chi connectivity index (χ1n) is 12.1. The Hall–Kier alpha value is -3.94. The number of benzene rings is 2. The van der Waals surface area contributed by atoms with Crippen LogP contribution in [0.2, 0.25) is 0 Å². The van der Waals surface area contributed by atoms with E-state index in [4.69, 9.17) is 0 Å². The van der Waals surface area contributed by atoms with E-state index in [-0.39, 0.29) is 11.5 Å². The number of anilines is 1. The largest absolute Gasteiger partial charge is 0.368 e. The van der Waals surface area contributed by atoms with Crippen LogP contribution >= 0.6 is 0 Å². The van der Waals surface area contributed by atoms with Crippen LogP contribution in [0.15, 0.2) is 65.7 Å². The van der Waals surface area contributed by atoms with E-state index in [0.29, 0.717) is 30.7 Å². The summed E-state index contributed by atoms with van der Waals surface area (Å²) in [4.78, 5) is 30.0. The summed E-state index contributed by atoms with van der Waals surface area (Å²) < 4.78 is 3.34. The molecule has 1 aliphatic heterocycles. The molecule has 0 radical (unpaired) electrons. The second-order valence-electron chi connectivity index (χ2n) is 9.11. The smallest absolute Gasteiger partial charge is 0.300 e. The number of piperazine rings is 1. The number of para-hydroxylation sites is 1. The number of amides is 1. The average Bonchev–Trinajstić information content (AvgIpc) is 3.30. The van der Waals surface area contributed by atoms with Gasteiger partial charge < -0.3 is 9.80 Å². The number of carbonyl (C=O) groups excluding carboxylic acids is 1. The van der Waals surface area contributed by atoms with E-state index in [2.05, 4.69) is 27.2 Å². The molecule has 2 aromatic heterocycles. The third kappa shape index (κ3) is 4.69. The Labute approximate surface area is 204 Å². The van der Waals surface area contributed by atoms with Crippen molar-refractivity contribution < 1.29 is 4.79 Å². The highest BCUT2D eigenvalue weighted by Gasteiger charge is 2.21. The monoisotopic (exact) mass is 470 g/mol. The summed E-state index contributed by atoms with van der Waals surface area (Å²) >= 11 is 0. The second kappa shape index (κ2) is 9.74. The Balaban J connectivity index is 1.19. The van der Waals surface area contributed by atoms with Gasteiger partial charge in [-0.05, 0) is 55.7 Å². The highest BCUT2D eigenvalue weighted by Crippen LogP contribution is 2.17. The Morgan fingerprint density at radius 1 is 0.886 bits per heavy atom. The maximum Gasteiger partial charge on any atom is 0.300 e. The quantitative estimate of drug-likeness (QED) is 0.433. The highest BCUT2D eigenvalue weighted by molar-refractivity contribution is 5.76. The van der Waals surface area contributed by atoms with Crippen LogP contribution in [0.4, 0.5) is 5.69 Å². The van der Waals surface area contributed by atoms with Crippen molar-refractivity contribution in [1.82, 2.24) is 24.1 Å². The molecule has 0 atom stereocenters. The van der Waals surface area contributed by atoms with Crippen LogP contribution in [0.5, 0.6) is 0 Å². The predicted octanol–water partition coefficient (Wildman–Crippen LogP) is 3.17. The Kier molecular flexibility index (Phi) is 6.35. The van der Waals surface area contributed by atoms with E-state index < -0.39 is 0 Å². The maximum absolute atomic E-state index is 13.0. The number of rotatable bonds is 6. The second-order valence-corrected chi connectivity index (χ2v) is 9.11. The number of nitrogens with zero attached hydrogens (tertiary/aromatic N) is 6. The van der Waals surface area contributed by atoms with Crippen LogP contribution < -0.4 is 10.5 Å². The molecule has 0 bridgehead atoms. The van der Waals surface area contributed by atoms with Crippen molar-refractivity contribution in [3.63, 3.8) is 0 Å². The zero-order valence-corrected chi connectivity index (χ0v) is 20.2. The van der Waals surface area contributed by atoms with Crippen molar-refractivity contribution >= 4 is 17.2 Å². The number of fused-ring (bicyclic) bond motifs is 1.